The predicted octanol–water partition coefficient (Wildman–Crippen LogP) is 1.02. The van der Waals surface area contributed by atoms with Crippen molar-refractivity contribution >= 4 is 38.4 Å². The molecule has 34 heavy (non-hydrogen) atoms. The van der Waals surface area contributed by atoms with Gasteiger partial charge in [0.1, 0.15) is 29.9 Å². The Hall–Kier alpha value is -0.850. The number of fused-ring (bicyclic) bond motifs is 1. The zero-order valence-corrected chi connectivity index (χ0v) is 20.8. The molecule has 1 aromatic rings. The monoisotopic (exact) mass is 542 g/mol. The van der Waals surface area contributed by atoms with E-state index in [1.165, 1.54) is 12.8 Å². The van der Waals surface area contributed by atoms with E-state index in [0.717, 1.165) is 37.2 Å². The summed E-state index contributed by atoms with van der Waals surface area (Å²) in [6, 6.07) is 0.386. The zero-order chi connectivity index (χ0) is 24.7. The van der Waals surface area contributed by atoms with E-state index in [9.17, 15) is 24.2 Å². The molecule has 192 valence electrons. The van der Waals surface area contributed by atoms with Crippen molar-refractivity contribution in [3.8, 4) is 0 Å². The van der Waals surface area contributed by atoms with Crippen LogP contribution in [0.2, 0.25) is 5.28 Å². The molecule has 5 atom stereocenters. The highest BCUT2D eigenvalue weighted by molar-refractivity contribution is 7.70. The van der Waals surface area contributed by atoms with Gasteiger partial charge < -0.3 is 44.4 Å². The number of rotatable bonds is 8. The summed E-state index contributed by atoms with van der Waals surface area (Å²) >= 11 is 6.20. The Balaban J connectivity index is 1.47. The molecule has 0 radical (unpaired) electrons. The topological polar surface area (TPSA) is 195 Å². The summed E-state index contributed by atoms with van der Waals surface area (Å²) in [6.07, 6.45) is 0.777. The van der Waals surface area contributed by atoms with Crippen LogP contribution < -0.4 is 10.2 Å². The number of hydrogen-bond acceptors (Lipinski definition) is 10. The lowest BCUT2D eigenvalue weighted by molar-refractivity contribution is -0.0110. The number of ether oxygens (including phenoxy) is 1. The van der Waals surface area contributed by atoms with Crippen molar-refractivity contribution in [3.63, 3.8) is 0 Å². The van der Waals surface area contributed by atoms with Crippen molar-refractivity contribution in [3.05, 3.63) is 10.8 Å². The lowest BCUT2D eigenvalue weighted by Crippen LogP contribution is -2.40. The third-order valence-electron chi connectivity index (χ3n) is 6.27. The molecule has 1 aromatic heterocycles. The van der Waals surface area contributed by atoms with Crippen LogP contribution in [-0.2, 0) is 24.8 Å². The van der Waals surface area contributed by atoms with E-state index in [-0.39, 0.29) is 5.28 Å². The maximum atomic E-state index is 11.9. The van der Waals surface area contributed by atoms with Gasteiger partial charge in [0.05, 0.1) is 6.61 Å². The van der Waals surface area contributed by atoms with Gasteiger partial charge in [-0.1, -0.05) is 12.8 Å². The van der Waals surface area contributed by atoms with Crippen LogP contribution in [0.3, 0.4) is 0 Å². The fraction of sp³-hybridized carbons (Fsp3) is 0.778. The lowest BCUT2D eigenvalue weighted by atomic mass is 10.0. The van der Waals surface area contributed by atoms with E-state index >= 15 is 0 Å². The molecule has 6 N–H and O–H groups in total. The minimum atomic E-state index is -4.80. The number of nitrogens with one attached hydrogen (secondary N) is 1. The number of aliphatic hydroxyl groups excluding tert-OH is 2. The molecular weight excluding hydrogens is 514 g/mol. The number of aromatic nitrogens is 2. The summed E-state index contributed by atoms with van der Waals surface area (Å²) in [7, 11) is -9.44. The summed E-state index contributed by atoms with van der Waals surface area (Å²) in [6.45, 7) is 0.198. The van der Waals surface area contributed by atoms with Crippen LogP contribution in [0.25, 0.3) is 0 Å². The van der Waals surface area contributed by atoms with Gasteiger partial charge in [0, 0.05) is 18.2 Å². The minimum Gasteiger partial charge on any atom is -0.387 e. The Bertz CT molecular complexity index is 992. The molecule has 2 fully saturated rings. The number of aliphatic hydroxyl groups is 2. The summed E-state index contributed by atoms with van der Waals surface area (Å²) in [4.78, 5) is 38.4. The fourth-order valence-electron chi connectivity index (χ4n) is 4.74. The lowest BCUT2D eigenvalue weighted by Gasteiger charge is -2.36. The van der Waals surface area contributed by atoms with Crippen LogP contribution in [0.5, 0.6) is 0 Å². The second-order valence-corrected chi connectivity index (χ2v) is 13.2. The van der Waals surface area contributed by atoms with Gasteiger partial charge in [0.25, 0.3) is 0 Å². The standard InChI is InChI=1S/C18H29ClN4O9P2/c19-18-21-15(11-6-3-7-23(16(11)22-18)10-4-1-2-5-10)20-17-14(25)13(24)12(32-17)8-31-34(29,30)9-33(26,27)28/h10,12-14,17,24-25H,1-9H2,(H,29,30)(H,20,21,22)(H2,26,27,28)/t12?,13-,14-,17-/m1/s1. The minimum absolute atomic E-state index is 0.0257. The third kappa shape index (κ3) is 6.10. The molecular formula is C18H29ClN4O9P2. The Labute approximate surface area is 201 Å². The van der Waals surface area contributed by atoms with Gasteiger partial charge in [-0.3, -0.25) is 9.13 Å². The van der Waals surface area contributed by atoms with Gasteiger partial charge in [-0.05, 0) is 37.3 Å². The molecule has 2 aliphatic heterocycles. The third-order valence-corrected chi connectivity index (χ3v) is 9.89. The van der Waals surface area contributed by atoms with Gasteiger partial charge in [-0.2, -0.15) is 0 Å². The molecule has 0 bridgehead atoms. The van der Waals surface area contributed by atoms with Crippen molar-refractivity contribution in [2.45, 2.75) is 69.1 Å². The van der Waals surface area contributed by atoms with Crippen LogP contribution in [0.15, 0.2) is 0 Å². The van der Waals surface area contributed by atoms with Crippen LogP contribution in [0.1, 0.15) is 37.7 Å². The first-order chi connectivity index (χ1) is 15.9. The van der Waals surface area contributed by atoms with Crippen molar-refractivity contribution in [2.75, 3.05) is 29.3 Å². The zero-order valence-electron chi connectivity index (χ0n) is 18.2. The summed E-state index contributed by atoms with van der Waals surface area (Å²) in [5, 5.41) is 23.8. The molecule has 3 aliphatic rings. The predicted molar refractivity (Wildman–Crippen MR) is 122 cm³/mol. The molecule has 16 heteroatoms. The second kappa shape index (κ2) is 10.3. The molecule has 0 amide bonds. The quantitative estimate of drug-likeness (QED) is 0.201. The number of anilines is 2. The Morgan fingerprint density at radius 2 is 1.82 bits per heavy atom. The number of hydrogen-bond donors (Lipinski definition) is 6. The van der Waals surface area contributed by atoms with E-state index in [0.29, 0.717) is 18.3 Å². The first kappa shape index (κ1) is 26.2. The largest absolute Gasteiger partial charge is 0.387 e. The van der Waals surface area contributed by atoms with Crippen LogP contribution >= 0.6 is 26.8 Å². The average molecular weight is 543 g/mol. The van der Waals surface area contributed by atoms with E-state index in [1.807, 2.05) is 0 Å². The molecule has 0 spiro atoms. The van der Waals surface area contributed by atoms with Gasteiger partial charge >= 0.3 is 15.2 Å². The van der Waals surface area contributed by atoms with E-state index in [2.05, 4.69) is 20.2 Å². The highest BCUT2D eigenvalue weighted by Gasteiger charge is 2.45. The van der Waals surface area contributed by atoms with Crippen LogP contribution in [0.4, 0.5) is 11.6 Å². The highest BCUT2D eigenvalue weighted by Crippen LogP contribution is 2.55. The maximum absolute atomic E-state index is 11.9. The highest BCUT2D eigenvalue weighted by atomic mass is 35.5. The molecule has 0 aromatic carbocycles. The molecule has 1 aliphatic carbocycles. The van der Waals surface area contributed by atoms with Gasteiger partial charge in [0.15, 0.2) is 12.1 Å². The first-order valence-corrected chi connectivity index (χ1v) is 15.0. The van der Waals surface area contributed by atoms with Gasteiger partial charge in [-0.15, -0.1) is 0 Å². The van der Waals surface area contributed by atoms with Crippen LogP contribution in [0, 0.1) is 0 Å². The SMILES string of the molecule is O=P(O)(O)CP(=O)(O)OCC1O[C@@H](Nc2nc(Cl)nc3c2CCCN3C2CCCC2)[C@H](O)[C@@H]1O. The molecule has 1 saturated carbocycles. The van der Waals surface area contributed by atoms with E-state index in [1.54, 1.807) is 0 Å². The second-order valence-electron chi connectivity index (χ2n) is 8.84. The van der Waals surface area contributed by atoms with Gasteiger partial charge in [0.2, 0.25) is 5.28 Å². The van der Waals surface area contributed by atoms with E-state index in [4.69, 9.17) is 30.6 Å². The Morgan fingerprint density at radius 3 is 2.50 bits per heavy atom. The van der Waals surface area contributed by atoms with Crippen molar-refractivity contribution < 1.29 is 43.3 Å². The van der Waals surface area contributed by atoms with E-state index < -0.39 is 52.2 Å². The Morgan fingerprint density at radius 1 is 1.12 bits per heavy atom. The molecule has 3 heterocycles. The molecule has 13 nitrogen and oxygen atoms in total. The van der Waals surface area contributed by atoms with Crippen LogP contribution in [-0.4, -0.2) is 84.5 Å². The smallest absolute Gasteiger partial charge is 0.340 e. The molecule has 1 saturated heterocycles. The normalized spacial score (nSPS) is 29.8. The summed E-state index contributed by atoms with van der Waals surface area (Å²) < 4.78 is 33.2. The van der Waals surface area contributed by atoms with Crippen molar-refractivity contribution in [1.29, 1.82) is 0 Å². The molecule has 2 unspecified atom stereocenters. The summed E-state index contributed by atoms with van der Waals surface area (Å²) in [5.41, 5.74) is 0.828. The fourth-order valence-corrected chi connectivity index (χ4v) is 7.47. The summed E-state index contributed by atoms with van der Waals surface area (Å²) in [5.74, 6) is -0.257. The average Bonchev–Trinajstić information content (AvgIpc) is 3.35. The van der Waals surface area contributed by atoms with Gasteiger partial charge in [-0.25, -0.2) is 9.97 Å². The Kier molecular flexibility index (Phi) is 7.91. The van der Waals surface area contributed by atoms with Crippen molar-refractivity contribution in [2.24, 2.45) is 0 Å². The number of nitrogens with zero attached hydrogens (tertiary/aromatic N) is 3. The molecule has 4 rings (SSSR count). The maximum Gasteiger partial charge on any atom is 0.340 e. The first-order valence-electron chi connectivity index (χ1n) is 11.1. The number of halogens is 1. The van der Waals surface area contributed by atoms with Crippen molar-refractivity contribution in [1.82, 2.24) is 9.97 Å².